The van der Waals surface area contributed by atoms with Crippen LogP contribution in [0, 0.1) is 5.92 Å². The van der Waals surface area contributed by atoms with Gasteiger partial charge in [0.15, 0.2) is 0 Å². The molecule has 1 saturated carbocycles. The number of anilines is 1. The van der Waals surface area contributed by atoms with Gasteiger partial charge in [-0.05, 0) is 49.1 Å². The summed E-state index contributed by atoms with van der Waals surface area (Å²) in [5.74, 6) is -0.198. The monoisotopic (exact) mass is 326 g/mol. The zero-order chi connectivity index (χ0) is 17.1. The molecule has 3 N–H and O–H groups in total. The summed E-state index contributed by atoms with van der Waals surface area (Å²) in [7, 11) is 0. The van der Waals surface area contributed by atoms with E-state index in [1.807, 2.05) is 37.3 Å². The van der Waals surface area contributed by atoms with Crippen molar-refractivity contribution in [3.8, 4) is 0 Å². The zero-order valence-electron chi connectivity index (χ0n) is 13.7. The van der Waals surface area contributed by atoms with Crippen LogP contribution in [0.5, 0.6) is 0 Å². The van der Waals surface area contributed by atoms with Crippen molar-refractivity contribution in [3.63, 3.8) is 0 Å². The number of fused-ring (bicyclic) bond motifs is 1. The standard InChI is InChI=1S/C19H22N2O3/c1-12(8-9-22)20-19(24)16-10-14-4-2-3-5-15(14)11-17(16)21-18(23)13-6-7-13/h2-5,10-13,22H,6-9H2,1H3,(H,20,24)(H,21,23). The van der Waals surface area contributed by atoms with Crippen LogP contribution >= 0.6 is 0 Å². The number of carbonyl (C=O) groups is 2. The summed E-state index contributed by atoms with van der Waals surface area (Å²) in [4.78, 5) is 24.8. The fraction of sp³-hybridized carbons (Fsp3) is 0.368. The minimum atomic E-state index is -0.243. The van der Waals surface area contributed by atoms with E-state index in [4.69, 9.17) is 5.11 Å². The Kier molecular flexibility index (Phi) is 4.81. The fourth-order valence-electron chi connectivity index (χ4n) is 2.68. The van der Waals surface area contributed by atoms with E-state index in [2.05, 4.69) is 10.6 Å². The van der Waals surface area contributed by atoms with Crippen molar-refractivity contribution < 1.29 is 14.7 Å². The number of benzene rings is 2. The van der Waals surface area contributed by atoms with Crippen LogP contribution in [0.1, 0.15) is 36.5 Å². The first-order valence-corrected chi connectivity index (χ1v) is 8.34. The number of aliphatic hydroxyl groups excluding tert-OH is 1. The first-order valence-electron chi connectivity index (χ1n) is 8.34. The highest BCUT2D eigenvalue weighted by molar-refractivity contribution is 6.08. The van der Waals surface area contributed by atoms with E-state index in [1.165, 1.54) is 0 Å². The molecule has 5 heteroatoms. The molecular weight excluding hydrogens is 304 g/mol. The largest absolute Gasteiger partial charge is 0.396 e. The van der Waals surface area contributed by atoms with Crippen molar-refractivity contribution in [2.24, 2.45) is 5.92 Å². The Bertz CT molecular complexity index is 768. The SMILES string of the molecule is CC(CCO)NC(=O)c1cc2ccccc2cc1NC(=O)C1CC1. The van der Waals surface area contributed by atoms with E-state index in [0.717, 1.165) is 23.6 Å². The van der Waals surface area contributed by atoms with Crippen molar-refractivity contribution in [2.75, 3.05) is 11.9 Å². The Morgan fingerprint density at radius 3 is 2.50 bits per heavy atom. The van der Waals surface area contributed by atoms with Crippen molar-refractivity contribution >= 4 is 28.3 Å². The smallest absolute Gasteiger partial charge is 0.253 e. The lowest BCUT2D eigenvalue weighted by Crippen LogP contribution is -2.34. The van der Waals surface area contributed by atoms with Crippen LogP contribution in [0.25, 0.3) is 10.8 Å². The average molecular weight is 326 g/mol. The van der Waals surface area contributed by atoms with Gasteiger partial charge in [-0.1, -0.05) is 24.3 Å². The van der Waals surface area contributed by atoms with Crippen LogP contribution in [0.4, 0.5) is 5.69 Å². The second-order valence-electron chi connectivity index (χ2n) is 6.40. The Balaban J connectivity index is 1.92. The molecule has 0 aliphatic heterocycles. The van der Waals surface area contributed by atoms with Gasteiger partial charge in [0.05, 0.1) is 11.3 Å². The number of amides is 2. The van der Waals surface area contributed by atoms with Gasteiger partial charge in [0.1, 0.15) is 0 Å². The fourth-order valence-corrected chi connectivity index (χ4v) is 2.68. The van der Waals surface area contributed by atoms with Crippen LogP contribution in [0.2, 0.25) is 0 Å². The lowest BCUT2D eigenvalue weighted by Gasteiger charge is -2.16. The molecule has 0 bridgehead atoms. The minimum Gasteiger partial charge on any atom is -0.396 e. The van der Waals surface area contributed by atoms with Gasteiger partial charge in [-0.3, -0.25) is 9.59 Å². The molecule has 0 radical (unpaired) electrons. The van der Waals surface area contributed by atoms with Gasteiger partial charge < -0.3 is 15.7 Å². The second-order valence-corrected chi connectivity index (χ2v) is 6.40. The molecule has 1 aliphatic rings. The van der Waals surface area contributed by atoms with Crippen LogP contribution in [-0.2, 0) is 4.79 Å². The van der Waals surface area contributed by atoms with E-state index in [-0.39, 0.29) is 30.4 Å². The topological polar surface area (TPSA) is 78.4 Å². The molecule has 0 saturated heterocycles. The van der Waals surface area contributed by atoms with Gasteiger partial charge in [0.25, 0.3) is 5.91 Å². The van der Waals surface area contributed by atoms with Gasteiger partial charge in [-0.15, -0.1) is 0 Å². The Hall–Kier alpha value is -2.40. The van der Waals surface area contributed by atoms with Gasteiger partial charge in [-0.2, -0.15) is 0 Å². The van der Waals surface area contributed by atoms with Gasteiger partial charge in [-0.25, -0.2) is 0 Å². The molecule has 1 fully saturated rings. The maximum Gasteiger partial charge on any atom is 0.253 e. The third kappa shape index (κ3) is 3.74. The molecular formula is C19H22N2O3. The minimum absolute atomic E-state index is 0.0183. The van der Waals surface area contributed by atoms with Crippen molar-refractivity contribution in [2.45, 2.75) is 32.2 Å². The normalized spacial score (nSPS) is 15.1. The number of carbonyl (C=O) groups excluding carboxylic acids is 2. The molecule has 0 aromatic heterocycles. The predicted octanol–water partition coefficient (Wildman–Crippen LogP) is 2.69. The highest BCUT2D eigenvalue weighted by Crippen LogP contribution is 2.32. The molecule has 1 unspecified atom stereocenters. The van der Waals surface area contributed by atoms with Crippen LogP contribution in [0.15, 0.2) is 36.4 Å². The third-order valence-electron chi connectivity index (χ3n) is 4.28. The molecule has 0 spiro atoms. The summed E-state index contributed by atoms with van der Waals surface area (Å²) in [6.07, 6.45) is 2.31. The second kappa shape index (κ2) is 7.01. The van der Waals surface area contributed by atoms with E-state index in [1.54, 1.807) is 6.07 Å². The third-order valence-corrected chi connectivity index (χ3v) is 4.28. The number of hydrogen-bond donors (Lipinski definition) is 3. The highest BCUT2D eigenvalue weighted by atomic mass is 16.3. The maximum atomic E-state index is 12.6. The van der Waals surface area contributed by atoms with E-state index in [9.17, 15) is 9.59 Å². The number of nitrogens with one attached hydrogen (secondary N) is 2. The molecule has 24 heavy (non-hydrogen) atoms. The average Bonchev–Trinajstić information content (AvgIpc) is 3.39. The lowest BCUT2D eigenvalue weighted by molar-refractivity contribution is -0.117. The summed E-state index contributed by atoms with van der Waals surface area (Å²) in [6, 6.07) is 11.3. The summed E-state index contributed by atoms with van der Waals surface area (Å²) < 4.78 is 0. The molecule has 0 heterocycles. The van der Waals surface area contributed by atoms with E-state index < -0.39 is 0 Å². The van der Waals surface area contributed by atoms with Crippen LogP contribution in [0.3, 0.4) is 0 Å². The summed E-state index contributed by atoms with van der Waals surface area (Å²) >= 11 is 0. The summed E-state index contributed by atoms with van der Waals surface area (Å²) in [5.41, 5.74) is 0.992. The predicted molar refractivity (Wildman–Crippen MR) is 93.9 cm³/mol. The van der Waals surface area contributed by atoms with Crippen LogP contribution < -0.4 is 10.6 Å². The molecule has 2 aromatic carbocycles. The first kappa shape index (κ1) is 16.5. The Morgan fingerprint density at radius 1 is 1.21 bits per heavy atom. The molecule has 2 amide bonds. The molecule has 3 rings (SSSR count). The number of hydrogen-bond acceptors (Lipinski definition) is 3. The Morgan fingerprint density at radius 2 is 1.88 bits per heavy atom. The molecule has 126 valence electrons. The maximum absolute atomic E-state index is 12.6. The number of aliphatic hydroxyl groups is 1. The molecule has 1 atom stereocenters. The van der Waals surface area contributed by atoms with E-state index >= 15 is 0 Å². The Labute approximate surface area is 141 Å². The van der Waals surface area contributed by atoms with E-state index in [0.29, 0.717) is 17.7 Å². The summed E-state index contributed by atoms with van der Waals surface area (Å²) in [5, 5.41) is 16.7. The number of rotatable bonds is 6. The van der Waals surface area contributed by atoms with Crippen molar-refractivity contribution in [1.82, 2.24) is 5.32 Å². The first-order chi connectivity index (χ1) is 11.6. The van der Waals surface area contributed by atoms with Gasteiger partial charge >= 0.3 is 0 Å². The molecule has 2 aromatic rings. The van der Waals surface area contributed by atoms with Gasteiger partial charge in [0.2, 0.25) is 5.91 Å². The molecule has 1 aliphatic carbocycles. The molecule has 5 nitrogen and oxygen atoms in total. The van der Waals surface area contributed by atoms with Crippen molar-refractivity contribution in [1.29, 1.82) is 0 Å². The quantitative estimate of drug-likeness (QED) is 0.764. The highest BCUT2D eigenvalue weighted by Gasteiger charge is 2.30. The lowest BCUT2D eigenvalue weighted by atomic mass is 10.0. The van der Waals surface area contributed by atoms with Crippen LogP contribution in [-0.4, -0.2) is 29.6 Å². The summed E-state index contributed by atoms with van der Waals surface area (Å²) in [6.45, 7) is 1.86. The van der Waals surface area contributed by atoms with Crippen molar-refractivity contribution in [3.05, 3.63) is 42.0 Å². The zero-order valence-corrected chi connectivity index (χ0v) is 13.7. The van der Waals surface area contributed by atoms with Gasteiger partial charge in [0, 0.05) is 18.6 Å².